The van der Waals surface area contributed by atoms with Crippen LogP contribution in [0.4, 0.5) is 17.6 Å². The van der Waals surface area contributed by atoms with Gasteiger partial charge in [-0.3, -0.25) is 9.59 Å². The van der Waals surface area contributed by atoms with E-state index in [0.717, 1.165) is 29.0 Å². The SMILES string of the molecule is Cc1csc(=NC(=O)c2cccc(C(F)(F)F)c2)n1Cc1cccc(C(=O)NCc2ccc(F)cc2)c1. The zero-order chi connectivity index (χ0) is 26.6. The Hall–Kier alpha value is -4.05. The molecule has 1 heterocycles. The lowest BCUT2D eigenvalue weighted by Crippen LogP contribution is -2.23. The maximum Gasteiger partial charge on any atom is 0.416 e. The molecule has 0 radical (unpaired) electrons. The number of alkyl halides is 3. The van der Waals surface area contributed by atoms with Crippen LogP contribution in [0.15, 0.2) is 83.2 Å². The number of hydrogen-bond donors (Lipinski definition) is 1. The Kier molecular flexibility index (Phi) is 7.68. The van der Waals surface area contributed by atoms with Gasteiger partial charge in [-0.15, -0.1) is 11.3 Å². The van der Waals surface area contributed by atoms with E-state index in [0.29, 0.717) is 16.9 Å². The van der Waals surface area contributed by atoms with Crippen molar-refractivity contribution in [3.05, 3.63) is 122 Å². The molecule has 3 aromatic carbocycles. The third kappa shape index (κ3) is 6.59. The lowest BCUT2D eigenvalue weighted by atomic mass is 10.1. The van der Waals surface area contributed by atoms with E-state index >= 15 is 0 Å². The summed E-state index contributed by atoms with van der Waals surface area (Å²) in [5.74, 6) is -1.44. The Morgan fingerprint density at radius 3 is 2.38 bits per heavy atom. The Morgan fingerprint density at radius 1 is 0.946 bits per heavy atom. The zero-order valence-electron chi connectivity index (χ0n) is 19.6. The highest BCUT2D eigenvalue weighted by molar-refractivity contribution is 7.07. The van der Waals surface area contributed by atoms with Crippen molar-refractivity contribution in [1.29, 1.82) is 0 Å². The minimum atomic E-state index is -4.56. The first-order valence-electron chi connectivity index (χ1n) is 11.1. The highest BCUT2D eigenvalue weighted by atomic mass is 32.1. The first-order chi connectivity index (χ1) is 17.6. The summed E-state index contributed by atoms with van der Waals surface area (Å²) in [7, 11) is 0. The molecule has 5 nitrogen and oxygen atoms in total. The van der Waals surface area contributed by atoms with E-state index in [4.69, 9.17) is 0 Å². The summed E-state index contributed by atoms with van der Waals surface area (Å²) in [6.07, 6.45) is -4.56. The van der Waals surface area contributed by atoms with Gasteiger partial charge in [0, 0.05) is 28.7 Å². The van der Waals surface area contributed by atoms with E-state index < -0.39 is 17.6 Å². The Morgan fingerprint density at radius 2 is 1.65 bits per heavy atom. The number of nitrogens with one attached hydrogen (secondary N) is 1. The number of carbonyl (C=O) groups excluding carboxylic acids is 2. The van der Waals surface area contributed by atoms with Crippen molar-refractivity contribution in [2.75, 3.05) is 0 Å². The fraction of sp³-hybridized carbons (Fsp3) is 0.148. The van der Waals surface area contributed by atoms with Gasteiger partial charge in [-0.25, -0.2) is 4.39 Å². The van der Waals surface area contributed by atoms with Crippen molar-refractivity contribution >= 4 is 23.2 Å². The van der Waals surface area contributed by atoms with Gasteiger partial charge in [0.2, 0.25) is 0 Å². The van der Waals surface area contributed by atoms with Crippen molar-refractivity contribution in [2.45, 2.75) is 26.2 Å². The molecule has 0 bridgehead atoms. The molecule has 1 N–H and O–H groups in total. The minimum absolute atomic E-state index is 0.160. The van der Waals surface area contributed by atoms with Crippen LogP contribution in [0, 0.1) is 12.7 Å². The Bertz CT molecular complexity index is 1510. The van der Waals surface area contributed by atoms with Gasteiger partial charge in [-0.05, 0) is 60.5 Å². The van der Waals surface area contributed by atoms with Gasteiger partial charge < -0.3 is 9.88 Å². The molecule has 0 aliphatic rings. The second-order valence-electron chi connectivity index (χ2n) is 8.25. The normalized spacial score (nSPS) is 12.0. The van der Waals surface area contributed by atoms with Crippen LogP contribution in [0.2, 0.25) is 0 Å². The molecule has 1 aromatic heterocycles. The fourth-order valence-corrected chi connectivity index (χ4v) is 4.43. The summed E-state index contributed by atoms with van der Waals surface area (Å²) in [5.41, 5.74) is 1.67. The maximum absolute atomic E-state index is 13.1. The van der Waals surface area contributed by atoms with Crippen LogP contribution < -0.4 is 10.1 Å². The summed E-state index contributed by atoms with van der Waals surface area (Å²) < 4.78 is 53.9. The van der Waals surface area contributed by atoms with Gasteiger partial charge in [-0.1, -0.05) is 30.3 Å². The van der Waals surface area contributed by atoms with E-state index in [1.54, 1.807) is 40.3 Å². The quantitative estimate of drug-likeness (QED) is 0.325. The monoisotopic (exact) mass is 527 g/mol. The van der Waals surface area contributed by atoms with Crippen LogP contribution in [0.25, 0.3) is 0 Å². The number of amides is 2. The molecule has 4 rings (SSSR count). The molecular formula is C27H21F4N3O2S. The highest BCUT2D eigenvalue weighted by Gasteiger charge is 2.30. The topological polar surface area (TPSA) is 63.5 Å². The fourth-order valence-electron chi connectivity index (χ4n) is 3.56. The van der Waals surface area contributed by atoms with Crippen LogP contribution in [0.5, 0.6) is 0 Å². The van der Waals surface area contributed by atoms with E-state index in [-0.39, 0.29) is 23.8 Å². The first-order valence-corrected chi connectivity index (χ1v) is 12.0. The van der Waals surface area contributed by atoms with Crippen molar-refractivity contribution in [3.63, 3.8) is 0 Å². The maximum atomic E-state index is 13.1. The minimum Gasteiger partial charge on any atom is -0.348 e. The van der Waals surface area contributed by atoms with Crippen molar-refractivity contribution in [2.24, 2.45) is 4.99 Å². The van der Waals surface area contributed by atoms with Gasteiger partial charge in [0.05, 0.1) is 12.1 Å². The standard InChI is InChI=1S/C27H21F4N3O2S/c1-17-16-37-26(33-25(36)21-6-3-7-22(13-21)27(29,30)31)34(17)15-19-4-2-5-20(12-19)24(35)32-14-18-8-10-23(28)11-9-18/h2-13,16H,14-15H2,1H3,(H,32,35). The average molecular weight is 528 g/mol. The molecule has 190 valence electrons. The number of aryl methyl sites for hydroxylation is 1. The van der Waals surface area contributed by atoms with Crippen molar-refractivity contribution in [3.8, 4) is 0 Å². The molecule has 0 aliphatic carbocycles. The summed E-state index contributed by atoms with van der Waals surface area (Å²) in [6, 6.07) is 16.9. The number of benzene rings is 3. The molecule has 0 spiro atoms. The number of carbonyl (C=O) groups is 2. The highest BCUT2D eigenvalue weighted by Crippen LogP contribution is 2.29. The predicted molar refractivity (Wildman–Crippen MR) is 131 cm³/mol. The third-order valence-electron chi connectivity index (χ3n) is 5.52. The number of thiazole rings is 1. The van der Waals surface area contributed by atoms with Gasteiger partial charge in [0.25, 0.3) is 11.8 Å². The van der Waals surface area contributed by atoms with Crippen LogP contribution >= 0.6 is 11.3 Å². The largest absolute Gasteiger partial charge is 0.416 e. The third-order valence-corrected chi connectivity index (χ3v) is 6.50. The molecule has 0 atom stereocenters. The summed E-state index contributed by atoms with van der Waals surface area (Å²) in [4.78, 5) is 29.7. The van der Waals surface area contributed by atoms with E-state index in [1.807, 2.05) is 13.0 Å². The number of nitrogens with zero attached hydrogens (tertiary/aromatic N) is 2. The molecule has 0 saturated heterocycles. The Labute approximate surface area is 213 Å². The van der Waals surface area contributed by atoms with Gasteiger partial charge in [0.1, 0.15) is 5.82 Å². The molecule has 0 aliphatic heterocycles. The molecule has 37 heavy (non-hydrogen) atoms. The molecular weight excluding hydrogens is 506 g/mol. The second kappa shape index (κ2) is 10.9. The molecule has 4 aromatic rings. The smallest absolute Gasteiger partial charge is 0.348 e. The second-order valence-corrected chi connectivity index (χ2v) is 9.09. The van der Waals surface area contributed by atoms with Crippen molar-refractivity contribution in [1.82, 2.24) is 9.88 Å². The van der Waals surface area contributed by atoms with Gasteiger partial charge in [0.15, 0.2) is 4.80 Å². The number of rotatable bonds is 6. The lowest BCUT2D eigenvalue weighted by molar-refractivity contribution is -0.137. The summed E-state index contributed by atoms with van der Waals surface area (Å²) >= 11 is 1.19. The van der Waals surface area contributed by atoms with Crippen LogP contribution in [0.3, 0.4) is 0 Å². The predicted octanol–water partition coefficient (Wildman–Crippen LogP) is 5.74. The lowest BCUT2D eigenvalue weighted by Gasteiger charge is -2.10. The Balaban J connectivity index is 1.52. The summed E-state index contributed by atoms with van der Waals surface area (Å²) in [5, 5.41) is 4.58. The first kappa shape index (κ1) is 26.0. The van der Waals surface area contributed by atoms with Crippen LogP contribution in [0.1, 0.15) is 43.1 Å². The van der Waals surface area contributed by atoms with Gasteiger partial charge >= 0.3 is 6.18 Å². The number of hydrogen-bond acceptors (Lipinski definition) is 3. The van der Waals surface area contributed by atoms with E-state index in [2.05, 4.69) is 10.3 Å². The van der Waals surface area contributed by atoms with Crippen molar-refractivity contribution < 1.29 is 27.2 Å². The van der Waals surface area contributed by atoms with Crippen LogP contribution in [-0.4, -0.2) is 16.4 Å². The van der Waals surface area contributed by atoms with E-state index in [1.165, 1.54) is 35.6 Å². The zero-order valence-corrected chi connectivity index (χ0v) is 20.4. The molecule has 0 saturated carbocycles. The molecule has 10 heteroatoms. The molecule has 0 fully saturated rings. The van der Waals surface area contributed by atoms with Crippen LogP contribution in [-0.2, 0) is 19.3 Å². The number of halogens is 4. The van der Waals surface area contributed by atoms with E-state index in [9.17, 15) is 27.2 Å². The molecule has 0 unspecified atom stereocenters. The average Bonchev–Trinajstić information content (AvgIpc) is 3.21. The van der Waals surface area contributed by atoms with Gasteiger partial charge in [-0.2, -0.15) is 18.2 Å². The number of aromatic nitrogens is 1. The molecule has 2 amide bonds. The summed E-state index contributed by atoms with van der Waals surface area (Å²) in [6.45, 7) is 2.36.